The second kappa shape index (κ2) is 7.14. The lowest BCUT2D eigenvalue weighted by Gasteiger charge is -2.15. The summed E-state index contributed by atoms with van der Waals surface area (Å²) >= 11 is 0. The molecule has 6 nitrogen and oxygen atoms in total. The highest BCUT2D eigenvalue weighted by Gasteiger charge is 2.14. The van der Waals surface area contributed by atoms with Gasteiger partial charge in [-0.2, -0.15) is 5.10 Å². The number of benzene rings is 1. The fraction of sp³-hybridized carbons (Fsp3) is 0.438. The van der Waals surface area contributed by atoms with E-state index in [0.29, 0.717) is 5.92 Å². The third kappa shape index (κ3) is 4.56. The number of nitrogens with zero attached hydrogens (tertiary/aromatic N) is 2. The maximum absolute atomic E-state index is 11.9. The second-order valence-electron chi connectivity index (χ2n) is 5.99. The van der Waals surface area contributed by atoms with Crippen LogP contribution in [0.3, 0.4) is 0 Å². The molecular formula is C16H24N4O2S. The highest BCUT2D eigenvalue weighted by molar-refractivity contribution is 7.89. The lowest BCUT2D eigenvalue weighted by molar-refractivity contribution is 0.483. The molecule has 23 heavy (non-hydrogen) atoms. The van der Waals surface area contributed by atoms with E-state index in [1.54, 1.807) is 24.4 Å². The summed E-state index contributed by atoms with van der Waals surface area (Å²) in [5.74, 6) is 0.531. The second-order valence-corrected chi connectivity index (χ2v) is 7.88. The fourth-order valence-corrected chi connectivity index (χ4v) is 3.10. The van der Waals surface area contributed by atoms with Crippen LogP contribution >= 0.6 is 0 Å². The molecule has 0 unspecified atom stereocenters. The van der Waals surface area contributed by atoms with Crippen molar-refractivity contribution in [3.8, 4) is 0 Å². The van der Waals surface area contributed by atoms with Gasteiger partial charge >= 0.3 is 0 Å². The van der Waals surface area contributed by atoms with Crippen molar-refractivity contribution in [1.82, 2.24) is 14.5 Å². The van der Waals surface area contributed by atoms with Gasteiger partial charge in [-0.15, -0.1) is 0 Å². The van der Waals surface area contributed by atoms with Gasteiger partial charge in [-0.05, 0) is 37.6 Å². The van der Waals surface area contributed by atoms with Crippen LogP contribution in [0.5, 0.6) is 0 Å². The van der Waals surface area contributed by atoms with Gasteiger partial charge in [-0.25, -0.2) is 13.1 Å². The molecule has 2 rings (SSSR count). The Labute approximate surface area is 138 Å². The Bertz CT molecular complexity index is 753. The highest BCUT2D eigenvalue weighted by Crippen LogP contribution is 2.21. The van der Waals surface area contributed by atoms with Crippen LogP contribution in [0.4, 0.5) is 5.69 Å². The van der Waals surface area contributed by atoms with Gasteiger partial charge in [-0.3, -0.25) is 4.68 Å². The predicted molar refractivity (Wildman–Crippen MR) is 91.8 cm³/mol. The first-order valence-electron chi connectivity index (χ1n) is 7.64. The molecule has 0 aliphatic heterocycles. The average molecular weight is 336 g/mol. The first kappa shape index (κ1) is 17.5. The molecule has 0 amide bonds. The number of anilines is 1. The Morgan fingerprint density at radius 1 is 1.26 bits per heavy atom. The van der Waals surface area contributed by atoms with Crippen molar-refractivity contribution in [2.24, 2.45) is 5.92 Å². The Balaban J connectivity index is 2.13. The molecular weight excluding hydrogens is 312 g/mol. The first-order chi connectivity index (χ1) is 10.8. The van der Waals surface area contributed by atoms with E-state index in [4.69, 9.17) is 0 Å². The summed E-state index contributed by atoms with van der Waals surface area (Å²) < 4.78 is 28.0. The van der Waals surface area contributed by atoms with Gasteiger partial charge in [0, 0.05) is 18.8 Å². The van der Waals surface area contributed by atoms with Crippen molar-refractivity contribution in [3.63, 3.8) is 0 Å². The number of nitrogens with one attached hydrogen (secondary N) is 2. The summed E-state index contributed by atoms with van der Waals surface area (Å²) in [6.45, 7) is 7.15. The van der Waals surface area contributed by atoms with E-state index in [2.05, 4.69) is 29.0 Å². The Morgan fingerprint density at radius 2 is 2.00 bits per heavy atom. The van der Waals surface area contributed by atoms with Crippen molar-refractivity contribution in [2.75, 3.05) is 12.4 Å². The molecule has 7 heteroatoms. The number of rotatable bonds is 7. The van der Waals surface area contributed by atoms with E-state index >= 15 is 0 Å². The average Bonchev–Trinajstić information content (AvgIpc) is 2.93. The lowest BCUT2D eigenvalue weighted by atomic mass is 10.1. The van der Waals surface area contributed by atoms with E-state index in [0.717, 1.165) is 17.8 Å². The van der Waals surface area contributed by atoms with Crippen LogP contribution in [0.2, 0.25) is 0 Å². The maximum Gasteiger partial charge on any atom is 0.240 e. The quantitative estimate of drug-likeness (QED) is 0.815. The zero-order valence-electron chi connectivity index (χ0n) is 13.9. The Morgan fingerprint density at radius 3 is 2.65 bits per heavy atom. The molecule has 0 saturated heterocycles. The van der Waals surface area contributed by atoms with E-state index in [-0.39, 0.29) is 10.9 Å². The lowest BCUT2D eigenvalue weighted by Crippen LogP contribution is -2.19. The van der Waals surface area contributed by atoms with Gasteiger partial charge in [0.15, 0.2) is 0 Å². The van der Waals surface area contributed by atoms with Gasteiger partial charge in [0.1, 0.15) is 0 Å². The number of sulfonamides is 1. The number of hydrogen-bond acceptors (Lipinski definition) is 4. The molecule has 0 aliphatic carbocycles. The highest BCUT2D eigenvalue weighted by atomic mass is 32.2. The minimum Gasteiger partial charge on any atom is -0.376 e. The monoisotopic (exact) mass is 336 g/mol. The zero-order valence-corrected chi connectivity index (χ0v) is 14.8. The van der Waals surface area contributed by atoms with Crippen LogP contribution < -0.4 is 10.0 Å². The van der Waals surface area contributed by atoms with Crippen LogP contribution in [0.1, 0.15) is 32.4 Å². The Kier molecular flexibility index (Phi) is 5.43. The zero-order chi connectivity index (χ0) is 17.0. The van der Waals surface area contributed by atoms with Crippen LogP contribution in [0.25, 0.3) is 0 Å². The van der Waals surface area contributed by atoms with E-state index in [1.165, 1.54) is 7.05 Å². The molecule has 2 N–H and O–H groups in total. The molecule has 1 atom stereocenters. The van der Waals surface area contributed by atoms with E-state index in [9.17, 15) is 8.42 Å². The SMILES string of the molecule is CNS(=O)(=O)c1cccc([C@H](C)Nc2cnn(CC(C)C)c2)c1. The minimum atomic E-state index is -3.43. The summed E-state index contributed by atoms with van der Waals surface area (Å²) in [7, 11) is -2.02. The standard InChI is InChI=1S/C16H24N4O2S/c1-12(2)10-20-11-15(9-18-20)19-13(3)14-6-5-7-16(8-14)23(21,22)17-4/h5-9,11-13,17,19H,10H2,1-4H3/t13-/m0/s1. The summed E-state index contributed by atoms with van der Waals surface area (Å²) in [4.78, 5) is 0.265. The molecule has 0 aliphatic rings. The Hall–Kier alpha value is -1.86. The van der Waals surface area contributed by atoms with Crippen molar-refractivity contribution >= 4 is 15.7 Å². The minimum absolute atomic E-state index is 0.0290. The molecule has 0 bridgehead atoms. The van der Waals surface area contributed by atoms with Gasteiger partial charge < -0.3 is 5.32 Å². The molecule has 0 fully saturated rings. The predicted octanol–water partition coefficient (Wildman–Crippen LogP) is 2.62. The van der Waals surface area contributed by atoms with E-state index < -0.39 is 10.0 Å². The van der Waals surface area contributed by atoms with Crippen LogP contribution in [0, 0.1) is 5.92 Å². The summed E-state index contributed by atoms with van der Waals surface area (Å²) in [5, 5.41) is 7.67. The molecule has 0 radical (unpaired) electrons. The summed E-state index contributed by atoms with van der Waals surface area (Å²) in [6, 6.07) is 6.90. The van der Waals surface area contributed by atoms with Gasteiger partial charge in [-0.1, -0.05) is 26.0 Å². The van der Waals surface area contributed by atoms with Crippen molar-refractivity contribution < 1.29 is 8.42 Å². The van der Waals surface area contributed by atoms with Crippen molar-refractivity contribution in [3.05, 3.63) is 42.2 Å². The van der Waals surface area contributed by atoms with Gasteiger partial charge in [0.25, 0.3) is 0 Å². The topological polar surface area (TPSA) is 76.0 Å². The smallest absolute Gasteiger partial charge is 0.240 e. The largest absolute Gasteiger partial charge is 0.376 e. The van der Waals surface area contributed by atoms with Gasteiger partial charge in [0.05, 0.1) is 16.8 Å². The van der Waals surface area contributed by atoms with Gasteiger partial charge in [0.2, 0.25) is 10.0 Å². The van der Waals surface area contributed by atoms with E-state index in [1.807, 2.05) is 23.9 Å². The van der Waals surface area contributed by atoms with Crippen molar-refractivity contribution in [1.29, 1.82) is 0 Å². The third-order valence-electron chi connectivity index (χ3n) is 3.51. The maximum atomic E-state index is 11.9. The summed E-state index contributed by atoms with van der Waals surface area (Å²) in [5.41, 5.74) is 1.82. The molecule has 1 aromatic carbocycles. The van der Waals surface area contributed by atoms with Crippen LogP contribution in [-0.4, -0.2) is 25.2 Å². The molecule has 0 spiro atoms. The normalized spacial score (nSPS) is 13.3. The van der Waals surface area contributed by atoms with Crippen LogP contribution in [-0.2, 0) is 16.6 Å². The number of hydrogen-bond donors (Lipinski definition) is 2. The summed E-state index contributed by atoms with van der Waals surface area (Å²) in [6.07, 6.45) is 3.75. The number of aromatic nitrogens is 2. The fourth-order valence-electron chi connectivity index (χ4n) is 2.31. The third-order valence-corrected chi connectivity index (χ3v) is 4.92. The van der Waals surface area contributed by atoms with Crippen molar-refractivity contribution in [2.45, 2.75) is 38.3 Å². The molecule has 126 valence electrons. The molecule has 1 heterocycles. The molecule has 0 saturated carbocycles. The van der Waals surface area contributed by atoms with Crippen LogP contribution in [0.15, 0.2) is 41.6 Å². The molecule has 2 aromatic rings. The molecule has 1 aromatic heterocycles. The first-order valence-corrected chi connectivity index (χ1v) is 9.12.